The molecule has 1 aromatic rings. The van der Waals surface area contributed by atoms with E-state index in [0.717, 1.165) is 24.1 Å². The molecule has 1 unspecified atom stereocenters. The molecule has 0 saturated heterocycles. The summed E-state index contributed by atoms with van der Waals surface area (Å²) in [5.74, 6) is 0.679. The summed E-state index contributed by atoms with van der Waals surface area (Å²) in [6, 6.07) is 7.77. The molecule has 0 N–H and O–H groups in total. The first kappa shape index (κ1) is 14.1. The Labute approximate surface area is 115 Å². The van der Waals surface area contributed by atoms with Crippen LogP contribution in [0.3, 0.4) is 0 Å². The Morgan fingerprint density at radius 3 is 2.53 bits per heavy atom. The third-order valence-corrected chi connectivity index (χ3v) is 3.35. The van der Waals surface area contributed by atoms with Gasteiger partial charge in [-0.25, -0.2) is 0 Å². The van der Waals surface area contributed by atoms with Crippen molar-refractivity contribution in [3.05, 3.63) is 35.4 Å². The molecule has 3 heteroatoms. The Kier molecular flexibility index (Phi) is 4.25. The van der Waals surface area contributed by atoms with Gasteiger partial charge in [0.15, 0.2) is 6.23 Å². The number of amides is 1. The van der Waals surface area contributed by atoms with E-state index in [1.807, 2.05) is 43.0 Å². The smallest absolute Gasteiger partial charge is 0.256 e. The highest BCUT2D eigenvalue weighted by Gasteiger charge is 2.37. The maximum absolute atomic E-state index is 12.4. The topological polar surface area (TPSA) is 29.5 Å². The van der Waals surface area contributed by atoms with Gasteiger partial charge in [0.25, 0.3) is 5.91 Å². The minimum atomic E-state index is -0.220. The van der Waals surface area contributed by atoms with E-state index in [9.17, 15) is 4.79 Å². The quantitative estimate of drug-likeness (QED) is 0.810. The third-order valence-electron chi connectivity index (χ3n) is 3.35. The predicted molar refractivity (Wildman–Crippen MR) is 75.9 cm³/mol. The maximum atomic E-state index is 12.4. The van der Waals surface area contributed by atoms with Crippen LogP contribution in [0.2, 0.25) is 0 Å². The van der Waals surface area contributed by atoms with E-state index in [1.165, 1.54) is 0 Å². The second-order valence-corrected chi connectivity index (χ2v) is 5.81. The molecule has 1 aromatic carbocycles. The summed E-state index contributed by atoms with van der Waals surface area (Å²) >= 11 is 0. The van der Waals surface area contributed by atoms with Crippen molar-refractivity contribution in [1.29, 1.82) is 0 Å². The zero-order valence-corrected chi connectivity index (χ0v) is 12.2. The van der Waals surface area contributed by atoms with Gasteiger partial charge >= 0.3 is 0 Å². The number of rotatable bonds is 5. The molecule has 1 atom stereocenters. The normalized spacial score (nSPS) is 18.5. The molecule has 19 heavy (non-hydrogen) atoms. The maximum Gasteiger partial charge on any atom is 0.256 e. The number of nitrogens with zero attached hydrogens (tertiary/aromatic N) is 1. The van der Waals surface area contributed by atoms with Gasteiger partial charge in [-0.3, -0.25) is 4.79 Å². The summed E-state index contributed by atoms with van der Waals surface area (Å²) in [7, 11) is 0. The van der Waals surface area contributed by atoms with Crippen LogP contribution in [0.25, 0.3) is 0 Å². The molecule has 1 heterocycles. The number of carbonyl (C=O) groups is 1. The lowest BCUT2D eigenvalue weighted by atomic mass is 10.1. The Morgan fingerprint density at radius 1 is 1.21 bits per heavy atom. The molecule has 1 aliphatic heterocycles. The van der Waals surface area contributed by atoms with Crippen LogP contribution in [-0.2, 0) is 4.74 Å². The number of hydrogen-bond acceptors (Lipinski definition) is 2. The van der Waals surface area contributed by atoms with Gasteiger partial charge in [-0.2, -0.15) is 0 Å². The number of benzene rings is 1. The van der Waals surface area contributed by atoms with Crippen LogP contribution in [0.15, 0.2) is 24.3 Å². The summed E-state index contributed by atoms with van der Waals surface area (Å²) in [4.78, 5) is 14.3. The first-order valence-electron chi connectivity index (χ1n) is 7.06. The molecule has 2 rings (SSSR count). The van der Waals surface area contributed by atoms with Gasteiger partial charge in [-0.1, -0.05) is 32.0 Å². The van der Waals surface area contributed by atoms with Crippen molar-refractivity contribution in [3.63, 3.8) is 0 Å². The zero-order chi connectivity index (χ0) is 14.0. The minimum Gasteiger partial charge on any atom is -0.351 e. The van der Waals surface area contributed by atoms with Crippen molar-refractivity contribution in [2.24, 2.45) is 5.92 Å². The van der Waals surface area contributed by atoms with Crippen molar-refractivity contribution in [2.45, 2.75) is 46.4 Å². The van der Waals surface area contributed by atoms with Crippen molar-refractivity contribution < 1.29 is 9.53 Å². The number of hydrogen-bond donors (Lipinski definition) is 0. The van der Waals surface area contributed by atoms with E-state index in [0.29, 0.717) is 5.92 Å². The van der Waals surface area contributed by atoms with E-state index in [-0.39, 0.29) is 18.2 Å². The molecule has 104 valence electrons. The van der Waals surface area contributed by atoms with Crippen LogP contribution < -0.4 is 0 Å². The van der Waals surface area contributed by atoms with Crippen molar-refractivity contribution in [1.82, 2.24) is 4.90 Å². The molecule has 0 spiro atoms. The monoisotopic (exact) mass is 261 g/mol. The second-order valence-electron chi connectivity index (χ2n) is 5.81. The van der Waals surface area contributed by atoms with Crippen LogP contribution in [0.4, 0.5) is 0 Å². The van der Waals surface area contributed by atoms with Gasteiger partial charge in [-0.15, -0.1) is 0 Å². The molecule has 0 saturated carbocycles. The average molecular weight is 261 g/mol. The highest BCUT2D eigenvalue weighted by molar-refractivity contribution is 5.98. The Morgan fingerprint density at radius 2 is 1.89 bits per heavy atom. The minimum absolute atomic E-state index is 0.0990. The van der Waals surface area contributed by atoms with E-state index < -0.39 is 0 Å². The lowest BCUT2D eigenvalue weighted by molar-refractivity contribution is -0.0696. The van der Waals surface area contributed by atoms with Crippen molar-refractivity contribution >= 4 is 5.91 Å². The van der Waals surface area contributed by atoms with Crippen molar-refractivity contribution in [3.8, 4) is 0 Å². The lowest BCUT2D eigenvalue weighted by Crippen LogP contribution is -2.32. The highest BCUT2D eigenvalue weighted by Crippen LogP contribution is 2.35. The van der Waals surface area contributed by atoms with Crippen LogP contribution in [0.5, 0.6) is 0 Å². The zero-order valence-electron chi connectivity index (χ0n) is 12.2. The van der Waals surface area contributed by atoms with Crippen LogP contribution >= 0.6 is 0 Å². The van der Waals surface area contributed by atoms with Gasteiger partial charge in [-0.05, 0) is 32.3 Å². The number of carbonyl (C=O) groups excluding carboxylic acids is 1. The van der Waals surface area contributed by atoms with E-state index in [1.54, 1.807) is 0 Å². The molecule has 0 bridgehead atoms. The summed E-state index contributed by atoms with van der Waals surface area (Å²) in [6.45, 7) is 9.11. The van der Waals surface area contributed by atoms with Gasteiger partial charge < -0.3 is 9.64 Å². The van der Waals surface area contributed by atoms with Gasteiger partial charge in [0, 0.05) is 17.7 Å². The molecule has 1 aliphatic rings. The lowest BCUT2D eigenvalue weighted by Gasteiger charge is -2.27. The SMILES string of the molecule is CC(C)CCN1C(=O)c2ccccc2C1OC(C)C. The van der Waals surface area contributed by atoms with Crippen LogP contribution in [0, 0.1) is 5.92 Å². The summed E-state index contributed by atoms with van der Waals surface area (Å²) in [5.41, 5.74) is 1.79. The van der Waals surface area contributed by atoms with Gasteiger partial charge in [0.05, 0.1) is 6.10 Å². The predicted octanol–water partition coefficient (Wildman–Crippen LogP) is 3.61. The largest absolute Gasteiger partial charge is 0.351 e. The van der Waals surface area contributed by atoms with Crippen LogP contribution in [-0.4, -0.2) is 23.5 Å². The molecule has 0 fully saturated rings. The Balaban J connectivity index is 2.25. The van der Waals surface area contributed by atoms with Gasteiger partial charge in [0.1, 0.15) is 0 Å². The number of fused-ring (bicyclic) bond motifs is 1. The third kappa shape index (κ3) is 2.98. The fraction of sp³-hybridized carbons (Fsp3) is 0.562. The number of ether oxygens (including phenoxy) is 1. The standard InChI is InChI=1S/C16H23NO2/c1-11(2)9-10-17-15(18)13-7-5-6-8-14(13)16(17)19-12(3)4/h5-8,11-12,16H,9-10H2,1-4H3. The second kappa shape index (κ2) is 5.74. The highest BCUT2D eigenvalue weighted by atomic mass is 16.5. The Bertz CT molecular complexity index is 454. The first-order chi connectivity index (χ1) is 9.00. The first-order valence-corrected chi connectivity index (χ1v) is 7.06. The summed E-state index contributed by atoms with van der Waals surface area (Å²) < 4.78 is 5.96. The summed E-state index contributed by atoms with van der Waals surface area (Å²) in [5, 5.41) is 0. The van der Waals surface area contributed by atoms with E-state index in [4.69, 9.17) is 4.74 Å². The van der Waals surface area contributed by atoms with Gasteiger partial charge in [0.2, 0.25) is 0 Å². The van der Waals surface area contributed by atoms with Crippen molar-refractivity contribution in [2.75, 3.05) is 6.54 Å². The fourth-order valence-electron chi connectivity index (χ4n) is 2.36. The van der Waals surface area contributed by atoms with Crippen LogP contribution in [0.1, 0.15) is 56.3 Å². The van der Waals surface area contributed by atoms with E-state index in [2.05, 4.69) is 13.8 Å². The molecule has 0 aliphatic carbocycles. The molecule has 1 amide bonds. The summed E-state index contributed by atoms with van der Waals surface area (Å²) in [6.07, 6.45) is 0.880. The molecular weight excluding hydrogens is 238 g/mol. The molecule has 3 nitrogen and oxygen atoms in total. The fourth-order valence-corrected chi connectivity index (χ4v) is 2.36. The molecular formula is C16H23NO2. The molecule has 0 radical (unpaired) electrons. The molecule has 0 aromatic heterocycles. The average Bonchev–Trinajstić information content (AvgIpc) is 2.60. The Hall–Kier alpha value is -1.35. The van der Waals surface area contributed by atoms with E-state index >= 15 is 0 Å².